The number of ether oxygens (including phenoxy) is 1. The molecule has 1 saturated heterocycles. The average molecular weight is 456 g/mol. The molecule has 5 nitrogen and oxygen atoms in total. The summed E-state index contributed by atoms with van der Waals surface area (Å²) in [4.78, 5) is 12.1. The summed E-state index contributed by atoms with van der Waals surface area (Å²) in [5.74, 6) is -0.340. The molecule has 1 aromatic carbocycles. The lowest BCUT2D eigenvalue weighted by atomic mass is 9.77. The van der Waals surface area contributed by atoms with Crippen LogP contribution in [0.15, 0.2) is 28.1 Å². The quantitative estimate of drug-likeness (QED) is 0.639. The first-order valence-corrected chi connectivity index (χ1v) is 9.97. The summed E-state index contributed by atoms with van der Waals surface area (Å²) in [5, 5.41) is 2.74. The van der Waals surface area contributed by atoms with Crippen LogP contribution in [0.5, 0.6) is 0 Å². The van der Waals surface area contributed by atoms with Crippen molar-refractivity contribution in [1.29, 1.82) is 0 Å². The van der Waals surface area contributed by atoms with Crippen LogP contribution in [0, 0.1) is 5.82 Å². The Morgan fingerprint density at radius 3 is 2.32 bits per heavy atom. The third kappa shape index (κ3) is 5.81. The third-order valence-corrected chi connectivity index (χ3v) is 5.38. The van der Waals surface area contributed by atoms with E-state index in [4.69, 9.17) is 14.0 Å². The molecule has 154 valence electrons. The smallest absolute Gasteiger partial charge is 0.444 e. The Morgan fingerprint density at radius 2 is 1.82 bits per heavy atom. The lowest BCUT2D eigenvalue weighted by Gasteiger charge is -2.32. The second kappa shape index (κ2) is 8.16. The molecule has 0 saturated carbocycles. The molecule has 8 heteroatoms. The van der Waals surface area contributed by atoms with E-state index < -0.39 is 30.0 Å². The van der Waals surface area contributed by atoms with Gasteiger partial charge in [0.25, 0.3) is 0 Å². The maximum atomic E-state index is 13.4. The minimum atomic E-state index is -0.656. The van der Waals surface area contributed by atoms with Gasteiger partial charge in [0.05, 0.1) is 11.2 Å². The number of halogens is 2. The van der Waals surface area contributed by atoms with Gasteiger partial charge in [0.15, 0.2) is 0 Å². The molecule has 1 fully saturated rings. The van der Waals surface area contributed by atoms with E-state index >= 15 is 0 Å². The van der Waals surface area contributed by atoms with Crippen molar-refractivity contribution in [2.45, 2.75) is 65.3 Å². The minimum Gasteiger partial charge on any atom is -0.444 e. The van der Waals surface area contributed by atoms with Crippen molar-refractivity contribution in [3.05, 3.63) is 39.5 Å². The lowest BCUT2D eigenvalue weighted by Crippen LogP contribution is -2.41. The fraction of sp³-hybridized carbons (Fsp3) is 0.550. The van der Waals surface area contributed by atoms with Crippen LogP contribution in [0.25, 0.3) is 6.08 Å². The Bertz CT molecular complexity index is 758. The van der Waals surface area contributed by atoms with E-state index in [2.05, 4.69) is 21.2 Å². The zero-order valence-electron chi connectivity index (χ0n) is 17.5. The highest BCUT2D eigenvalue weighted by Crippen LogP contribution is 2.39. The number of rotatable bonds is 4. The molecule has 1 aromatic rings. The van der Waals surface area contributed by atoms with Gasteiger partial charge in [0, 0.05) is 11.0 Å². The lowest BCUT2D eigenvalue weighted by molar-refractivity contribution is 0.00578. The summed E-state index contributed by atoms with van der Waals surface area (Å²) in [5.41, 5.74) is -0.210. The maximum absolute atomic E-state index is 13.4. The van der Waals surface area contributed by atoms with Crippen LogP contribution in [0.3, 0.4) is 0 Å². The normalized spacial score (nSPS) is 18.9. The fourth-order valence-electron chi connectivity index (χ4n) is 2.50. The first-order valence-electron chi connectivity index (χ1n) is 9.18. The molecule has 28 heavy (non-hydrogen) atoms. The number of carbonyl (C=O) groups excluding carboxylic acids is 1. The summed E-state index contributed by atoms with van der Waals surface area (Å²) in [6.07, 6.45) is 1.29. The molecular formula is C20H28BBrFNO4. The van der Waals surface area contributed by atoms with Crippen LogP contribution >= 0.6 is 15.9 Å². The van der Waals surface area contributed by atoms with Crippen molar-refractivity contribution in [2.75, 3.05) is 6.54 Å². The van der Waals surface area contributed by atoms with Crippen LogP contribution in [0.2, 0.25) is 0 Å². The molecule has 1 aliphatic rings. The summed E-state index contributed by atoms with van der Waals surface area (Å²) in [6, 6.07) is 4.41. The molecule has 2 rings (SSSR count). The van der Waals surface area contributed by atoms with Gasteiger partial charge in [0.1, 0.15) is 11.4 Å². The second-order valence-corrected chi connectivity index (χ2v) is 9.68. The van der Waals surface area contributed by atoms with E-state index in [0.29, 0.717) is 9.95 Å². The number of alkyl carbamates (subject to hydrolysis) is 1. The van der Waals surface area contributed by atoms with Crippen molar-refractivity contribution in [3.8, 4) is 0 Å². The predicted octanol–water partition coefficient (Wildman–Crippen LogP) is 5.13. The van der Waals surface area contributed by atoms with E-state index in [0.717, 1.165) is 5.56 Å². The predicted molar refractivity (Wildman–Crippen MR) is 112 cm³/mol. The molecule has 0 radical (unpaired) electrons. The number of hydrogen-bond donors (Lipinski definition) is 1. The van der Waals surface area contributed by atoms with Crippen molar-refractivity contribution in [3.63, 3.8) is 0 Å². The number of nitrogens with one attached hydrogen (secondary N) is 1. The number of hydrogen-bond acceptors (Lipinski definition) is 4. The average Bonchev–Trinajstić information content (AvgIpc) is 2.71. The molecule has 0 aliphatic carbocycles. The van der Waals surface area contributed by atoms with Crippen LogP contribution in [-0.4, -0.2) is 36.6 Å². The van der Waals surface area contributed by atoms with Crippen LogP contribution in [0.4, 0.5) is 9.18 Å². The molecule has 1 amide bonds. The number of amides is 1. The molecule has 0 aromatic heterocycles. The summed E-state index contributed by atoms with van der Waals surface area (Å²) in [7, 11) is -0.656. The van der Waals surface area contributed by atoms with Crippen molar-refractivity contribution < 1.29 is 23.2 Å². The molecule has 1 N–H and O–H groups in total. The minimum absolute atomic E-state index is 0.162. The van der Waals surface area contributed by atoms with Gasteiger partial charge < -0.3 is 19.4 Å². The zero-order chi connectivity index (χ0) is 21.3. The zero-order valence-corrected chi connectivity index (χ0v) is 19.1. The van der Waals surface area contributed by atoms with Crippen LogP contribution < -0.4 is 5.32 Å². The summed E-state index contributed by atoms with van der Waals surface area (Å²) < 4.78 is 31.6. The van der Waals surface area contributed by atoms with Crippen molar-refractivity contribution >= 4 is 35.2 Å². The summed E-state index contributed by atoms with van der Waals surface area (Å²) in [6.45, 7) is 13.4. The second-order valence-electron chi connectivity index (χ2n) is 8.83. The van der Waals surface area contributed by atoms with Gasteiger partial charge in [-0.25, -0.2) is 9.18 Å². The number of carbonyl (C=O) groups is 1. The van der Waals surface area contributed by atoms with Gasteiger partial charge in [0.2, 0.25) is 0 Å². The van der Waals surface area contributed by atoms with Gasteiger partial charge in [-0.2, -0.15) is 0 Å². The summed E-state index contributed by atoms with van der Waals surface area (Å²) >= 11 is 3.37. The van der Waals surface area contributed by atoms with Crippen molar-refractivity contribution in [1.82, 2.24) is 5.32 Å². The molecule has 1 aliphatic heterocycles. The fourth-order valence-corrected chi connectivity index (χ4v) is 2.97. The maximum Gasteiger partial charge on any atom is 0.492 e. The molecule has 0 atom stereocenters. The highest BCUT2D eigenvalue weighted by atomic mass is 79.9. The number of benzene rings is 1. The molecule has 0 spiro atoms. The van der Waals surface area contributed by atoms with Gasteiger partial charge in [-0.15, -0.1) is 0 Å². The molecule has 1 heterocycles. The Labute approximate surface area is 175 Å². The van der Waals surface area contributed by atoms with E-state index in [-0.39, 0.29) is 12.4 Å². The Hall–Kier alpha value is -1.38. The third-order valence-electron chi connectivity index (χ3n) is 4.70. The van der Waals surface area contributed by atoms with Crippen molar-refractivity contribution in [2.24, 2.45) is 0 Å². The van der Waals surface area contributed by atoms with E-state index in [1.807, 2.05) is 33.8 Å². The van der Waals surface area contributed by atoms with Gasteiger partial charge in [-0.3, -0.25) is 0 Å². The topological polar surface area (TPSA) is 56.8 Å². The van der Waals surface area contributed by atoms with Gasteiger partial charge in [-0.1, -0.05) is 28.1 Å². The van der Waals surface area contributed by atoms with E-state index in [1.165, 1.54) is 12.1 Å². The molecule has 0 unspecified atom stereocenters. The first-order chi connectivity index (χ1) is 12.7. The standard InChI is InChI=1S/C20H28BBrFNO4/c1-18(2,3)26-17(25)24-12-14(10-13-8-9-15(23)11-16(13)22)21-27-19(4,5)20(6,7)28-21/h8-11H,12H2,1-7H3,(H,24,25). The largest absolute Gasteiger partial charge is 0.492 e. The van der Waals surface area contributed by atoms with E-state index in [1.54, 1.807) is 26.8 Å². The highest BCUT2D eigenvalue weighted by molar-refractivity contribution is 9.10. The Balaban J connectivity index is 2.28. The van der Waals surface area contributed by atoms with Crippen LogP contribution in [-0.2, 0) is 14.0 Å². The Kier molecular flexibility index (Phi) is 6.68. The monoisotopic (exact) mass is 455 g/mol. The van der Waals surface area contributed by atoms with Gasteiger partial charge >= 0.3 is 13.2 Å². The first kappa shape index (κ1) is 22.9. The highest BCUT2D eigenvalue weighted by Gasteiger charge is 2.52. The Morgan fingerprint density at radius 1 is 1.25 bits per heavy atom. The SMILES string of the molecule is CC(C)(C)OC(=O)NCC(=Cc1ccc(F)cc1Br)B1OC(C)(C)C(C)(C)O1. The van der Waals surface area contributed by atoms with E-state index in [9.17, 15) is 9.18 Å². The van der Waals surface area contributed by atoms with Gasteiger partial charge in [-0.05, 0) is 71.6 Å². The molecular weight excluding hydrogens is 428 g/mol. The van der Waals surface area contributed by atoms with Crippen LogP contribution in [0.1, 0.15) is 54.0 Å². The molecule has 0 bridgehead atoms.